The number of nitriles is 1. The third kappa shape index (κ3) is 3.01. The van der Waals surface area contributed by atoms with Crippen LogP contribution in [-0.2, 0) is 6.54 Å². The van der Waals surface area contributed by atoms with Crippen LogP contribution in [0, 0.1) is 18.3 Å². The fourth-order valence-corrected chi connectivity index (χ4v) is 2.67. The Labute approximate surface area is 116 Å². The minimum absolute atomic E-state index is 0.00473. The van der Waals surface area contributed by atoms with Crippen LogP contribution in [0.25, 0.3) is 0 Å². The van der Waals surface area contributed by atoms with Gasteiger partial charge in [0.1, 0.15) is 0 Å². The van der Waals surface area contributed by atoms with E-state index in [1.54, 1.807) is 29.5 Å². The summed E-state index contributed by atoms with van der Waals surface area (Å²) in [6.45, 7) is 4.26. The number of hydrogen-bond acceptors (Lipinski definition) is 4. The highest BCUT2D eigenvalue weighted by atomic mass is 32.1. The normalized spacial score (nSPS) is 9.95. The highest BCUT2D eigenvalue weighted by Gasteiger charge is 2.09. The van der Waals surface area contributed by atoms with Gasteiger partial charge in [-0.15, -0.1) is 11.3 Å². The highest BCUT2D eigenvalue weighted by molar-refractivity contribution is 7.10. The van der Waals surface area contributed by atoms with Gasteiger partial charge in [0.2, 0.25) is 0 Å². The molecule has 0 atom stereocenters. The number of Topliss-reactive ketones (excluding diaryl/α,β-unsaturated/α-hetero) is 1. The lowest BCUT2D eigenvalue weighted by Gasteiger charge is -2.10. The monoisotopic (exact) mass is 270 g/mol. The molecule has 1 aromatic carbocycles. The number of nitrogens with zero attached hydrogens (tertiary/aromatic N) is 1. The molecule has 0 radical (unpaired) electrons. The minimum atomic E-state index is -0.00473. The Morgan fingerprint density at radius 2 is 2.21 bits per heavy atom. The number of nitrogens with one attached hydrogen (secondary N) is 1. The van der Waals surface area contributed by atoms with Crippen molar-refractivity contribution in [2.24, 2.45) is 0 Å². The summed E-state index contributed by atoms with van der Waals surface area (Å²) in [6.07, 6.45) is 0. The molecule has 4 heteroatoms. The van der Waals surface area contributed by atoms with E-state index in [2.05, 4.69) is 24.4 Å². The molecule has 2 aromatic rings. The van der Waals surface area contributed by atoms with Crippen LogP contribution < -0.4 is 5.32 Å². The van der Waals surface area contributed by atoms with Gasteiger partial charge in [-0.05, 0) is 49.1 Å². The Morgan fingerprint density at radius 3 is 2.79 bits per heavy atom. The average Bonchev–Trinajstić information content (AvgIpc) is 2.81. The number of carbonyl (C=O) groups is 1. The van der Waals surface area contributed by atoms with E-state index in [1.807, 2.05) is 5.38 Å². The predicted molar refractivity (Wildman–Crippen MR) is 77.5 cm³/mol. The molecule has 0 amide bonds. The first-order valence-corrected chi connectivity index (χ1v) is 6.81. The van der Waals surface area contributed by atoms with Crippen LogP contribution in [0.1, 0.15) is 33.3 Å². The molecule has 0 aliphatic rings. The second-order valence-corrected chi connectivity index (χ2v) is 5.31. The van der Waals surface area contributed by atoms with Crippen molar-refractivity contribution < 1.29 is 4.79 Å². The third-order valence-electron chi connectivity index (χ3n) is 2.94. The second kappa shape index (κ2) is 5.68. The van der Waals surface area contributed by atoms with Gasteiger partial charge in [-0.25, -0.2) is 0 Å². The summed E-state index contributed by atoms with van der Waals surface area (Å²) in [6, 6.07) is 9.24. The van der Waals surface area contributed by atoms with Crippen molar-refractivity contribution in [2.75, 3.05) is 5.32 Å². The summed E-state index contributed by atoms with van der Waals surface area (Å²) in [5, 5.41) is 14.2. The van der Waals surface area contributed by atoms with Crippen LogP contribution in [0.3, 0.4) is 0 Å². The lowest BCUT2D eigenvalue weighted by molar-refractivity contribution is 0.101. The Kier molecular flexibility index (Phi) is 3.98. The molecule has 1 N–H and O–H groups in total. The lowest BCUT2D eigenvalue weighted by Crippen LogP contribution is -2.05. The standard InChI is InChI=1S/C15H14N2OS/c1-10-5-6-19-15(10)9-17-14-7-12(8-16)3-4-13(14)11(2)18/h3-7,17H,9H2,1-2H3. The van der Waals surface area contributed by atoms with E-state index in [-0.39, 0.29) is 5.78 Å². The van der Waals surface area contributed by atoms with Gasteiger partial charge in [-0.3, -0.25) is 4.79 Å². The number of carbonyl (C=O) groups excluding carboxylic acids is 1. The van der Waals surface area contributed by atoms with Gasteiger partial charge in [0.15, 0.2) is 5.78 Å². The van der Waals surface area contributed by atoms with Crippen molar-refractivity contribution >= 4 is 22.8 Å². The van der Waals surface area contributed by atoms with Gasteiger partial charge < -0.3 is 5.32 Å². The molecular formula is C15H14N2OS. The molecule has 1 aromatic heterocycles. The van der Waals surface area contributed by atoms with Gasteiger partial charge in [0, 0.05) is 22.7 Å². The predicted octanol–water partition coefficient (Wildman–Crippen LogP) is 3.74. The average molecular weight is 270 g/mol. The molecule has 1 heterocycles. The van der Waals surface area contributed by atoms with Crippen LogP contribution >= 0.6 is 11.3 Å². The van der Waals surface area contributed by atoms with Gasteiger partial charge in [-0.1, -0.05) is 0 Å². The van der Waals surface area contributed by atoms with E-state index in [4.69, 9.17) is 5.26 Å². The second-order valence-electron chi connectivity index (χ2n) is 4.31. The molecule has 19 heavy (non-hydrogen) atoms. The zero-order chi connectivity index (χ0) is 13.8. The fraction of sp³-hybridized carbons (Fsp3) is 0.200. The van der Waals surface area contributed by atoms with Crippen LogP contribution in [0.4, 0.5) is 5.69 Å². The van der Waals surface area contributed by atoms with Crippen LogP contribution in [0.2, 0.25) is 0 Å². The summed E-state index contributed by atoms with van der Waals surface area (Å²) >= 11 is 1.68. The van der Waals surface area contributed by atoms with Crippen LogP contribution in [0.15, 0.2) is 29.6 Å². The maximum Gasteiger partial charge on any atom is 0.161 e. The molecule has 96 valence electrons. The Morgan fingerprint density at radius 1 is 1.42 bits per heavy atom. The summed E-state index contributed by atoms with van der Waals surface area (Å²) in [5.74, 6) is -0.00473. The molecule has 2 rings (SSSR count). The SMILES string of the molecule is CC(=O)c1ccc(C#N)cc1NCc1sccc1C. The number of ketones is 1. The van der Waals surface area contributed by atoms with Crippen molar-refractivity contribution in [1.29, 1.82) is 5.26 Å². The smallest absolute Gasteiger partial charge is 0.161 e. The maximum absolute atomic E-state index is 11.6. The topological polar surface area (TPSA) is 52.9 Å². The quantitative estimate of drug-likeness (QED) is 0.861. The number of anilines is 1. The molecule has 0 fully saturated rings. The molecule has 0 aliphatic carbocycles. The number of thiophene rings is 1. The van der Waals surface area contributed by atoms with Gasteiger partial charge in [0.25, 0.3) is 0 Å². The molecule has 0 bridgehead atoms. The first-order valence-electron chi connectivity index (χ1n) is 5.93. The summed E-state index contributed by atoms with van der Waals surface area (Å²) < 4.78 is 0. The van der Waals surface area contributed by atoms with Crippen LogP contribution in [0.5, 0.6) is 0 Å². The van der Waals surface area contributed by atoms with E-state index in [9.17, 15) is 4.79 Å². The summed E-state index contributed by atoms with van der Waals surface area (Å²) in [7, 11) is 0. The van der Waals surface area contributed by atoms with Crippen LogP contribution in [-0.4, -0.2) is 5.78 Å². The number of hydrogen-bond donors (Lipinski definition) is 1. The molecule has 3 nitrogen and oxygen atoms in total. The maximum atomic E-state index is 11.6. The third-order valence-corrected chi connectivity index (χ3v) is 3.96. The number of aryl methyl sites for hydroxylation is 1. The number of benzene rings is 1. The van der Waals surface area contributed by atoms with E-state index in [0.29, 0.717) is 17.7 Å². The Bertz CT molecular complexity index is 652. The molecule has 0 spiro atoms. The van der Waals surface area contributed by atoms with Crippen molar-refractivity contribution in [3.05, 3.63) is 51.2 Å². The van der Waals surface area contributed by atoms with E-state index >= 15 is 0 Å². The Hall–Kier alpha value is -2.12. The molecule has 0 aliphatic heterocycles. The van der Waals surface area contributed by atoms with Crippen molar-refractivity contribution in [2.45, 2.75) is 20.4 Å². The van der Waals surface area contributed by atoms with E-state index < -0.39 is 0 Å². The number of rotatable bonds is 4. The highest BCUT2D eigenvalue weighted by Crippen LogP contribution is 2.22. The minimum Gasteiger partial charge on any atom is -0.380 e. The van der Waals surface area contributed by atoms with Crippen molar-refractivity contribution in [3.8, 4) is 6.07 Å². The molecule has 0 unspecified atom stereocenters. The first-order chi connectivity index (χ1) is 9.11. The zero-order valence-corrected chi connectivity index (χ0v) is 11.7. The van der Waals surface area contributed by atoms with E-state index in [0.717, 1.165) is 5.69 Å². The van der Waals surface area contributed by atoms with Crippen molar-refractivity contribution in [3.63, 3.8) is 0 Å². The fourth-order valence-electron chi connectivity index (χ4n) is 1.83. The van der Waals surface area contributed by atoms with Crippen molar-refractivity contribution in [1.82, 2.24) is 0 Å². The lowest BCUT2D eigenvalue weighted by atomic mass is 10.1. The summed E-state index contributed by atoms with van der Waals surface area (Å²) in [4.78, 5) is 12.8. The van der Waals surface area contributed by atoms with Gasteiger partial charge >= 0.3 is 0 Å². The molecule has 0 saturated heterocycles. The van der Waals surface area contributed by atoms with Gasteiger partial charge in [-0.2, -0.15) is 5.26 Å². The summed E-state index contributed by atoms with van der Waals surface area (Å²) in [5.41, 5.74) is 3.13. The van der Waals surface area contributed by atoms with E-state index in [1.165, 1.54) is 17.4 Å². The largest absolute Gasteiger partial charge is 0.380 e. The zero-order valence-electron chi connectivity index (χ0n) is 10.9. The van der Waals surface area contributed by atoms with Gasteiger partial charge in [0.05, 0.1) is 11.6 Å². The Balaban J connectivity index is 2.25. The molecule has 0 saturated carbocycles. The molecular weight excluding hydrogens is 256 g/mol. The first kappa shape index (κ1) is 13.3.